The predicted molar refractivity (Wildman–Crippen MR) is 129 cm³/mol. The topological polar surface area (TPSA) is 83.3 Å². The lowest BCUT2D eigenvalue weighted by molar-refractivity contribution is -0.551. The summed E-state index contributed by atoms with van der Waals surface area (Å²) >= 11 is 0. The highest BCUT2D eigenvalue weighted by atomic mass is 16.1. The Morgan fingerprint density at radius 1 is 0.750 bits per heavy atom. The first-order valence-corrected chi connectivity index (χ1v) is 11.7. The van der Waals surface area contributed by atoms with Crippen LogP contribution in [0, 0.1) is 16.2 Å². The molecular formula is C26H47N2O4+. The van der Waals surface area contributed by atoms with Gasteiger partial charge in [-0.25, -0.2) is 0 Å². The van der Waals surface area contributed by atoms with Crippen molar-refractivity contribution in [3.63, 3.8) is 0 Å². The second kappa shape index (κ2) is 11.0. The molecule has 0 aliphatic carbocycles. The van der Waals surface area contributed by atoms with Crippen LogP contribution >= 0.6 is 0 Å². The Balaban J connectivity index is 5.82. The van der Waals surface area contributed by atoms with Gasteiger partial charge in [0.25, 0.3) is 0 Å². The van der Waals surface area contributed by atoms with Crippen LogP contribution < -0.4 is 5.32 Å². The molecule has 0 fully saturated rings. The van der Waals surface area contributed by atoms with E-state index >= 15 is 0 Å². The first kappa shape index (κ1) is 30.4. The van der Waals surface area contributed by atoms with E-state index in [1.54, 1.807) is 0 Å². The van der Waals surface area contributed by atoms with Gasteiger partial charge in [0.1, 0.15) is 5.78 Å². The van der Waals surface area contributed by atoms with Crippen molar-refractivity contribution in [3.05, 3.63) is 0 Å². The van der Waals surface area contributed by atoms with Gasteiger partial charge >= 0.3 is 6.08 Å². The molecule has 0 saturated heterocycles. The number of carbonyl (C=O) groups is 3. The minimum atomic E-state index is -0.751. The van der Waals surface area contributed by atoms with Gasteiger partial charge < -0.3 is 5.32 Å². The van der Waals surface area contributed by atoms with Crippen molar-refractivity contribution in [2.75, 3.05) is 6.54 Å². The van der Waals surface area contributed by atoms with Crippen molar-refractivity contribution in [2.24, 2.45) is 16.2 Å². The first-order valence-electron chi connectivity index (χ1n) is 11.7. The highest BCUT2D eigenvalue weighted by Crippen LogP contribution is 2.25. The summed E-state index contributed by atoms with van der Waals surface area (Å²) in [6, 6.07) is -1.22. The van der Waals surface area contributed by atoms with Crippen LogP contribution in [0.4, 0.5) is 0 Å². The lowest BCUT2D eigenvalue weighted by Gasteiger charge is -2.31. The largest absolute Gasteiger partial charge is 0.424 e. The predicted octanol–water partition coefficient (Wildman–Crippen LogP) is 4.48. The van der Waals surface area contributed by atoms with Gasteiger partial charge in [0.05, 0.1) is 6.04 Å². The third-order valence-corrected chi connectivity index (χ3v) is 5.34. The van der Waals surface area contributed by atoms with Gasteiger partial charge in [-0.15, -0.1) is 4.58 Å². The highest BCUT2D eigenvalue weighted by Gasteiger charge is 2.40. The summed E-state index contributed by atoms with van der Waals surface area (Å²) in [6.07, 6.45) is 2.75. The molecule has 0 aliphatic heterocycles. The van der Waals surface area contributed by atoms with Gasteiger partial charge in [-0.3, -0.25) is 14.4 Å². The highest BCUT2D eigenvalue weighted by molar-refractivity contribution is 5.90. The zero-order valence-electron chi connectivity index (χ0n) is 22.6. The number of nitrogens with one attached hydrogen (secondary N) is 1. The number of hydrogen-bond acceptors (Lipinski definition) is 5. The molecule has 0 rings (SSSR count). The monoisotopic (exact) mass is 451 g/mol. The standard InChI is InChI=1S/C26H47N2O4/c1-23(2,3)20(30)14-13-19(22(32)25(7,8)9)28(17-29)16-15-18(27-26(10,11)12)21(31)24(4,5)6/h18-19,27H,13-16H2,1-12H3/q+1. The van der Waals surface area contributed by atoms with Crippen LogP contribution in [0.25, 0.3) is 0 Å². The Bertz CT molecular complexity index is 734. The van der Waals surface area contributed by atoms with Crippen LogP contribution in [-0.2, 0) is 19.2 Å². The SMILES string of the molecule is CC(C)(C)NC(CC[N+](=C=O)C(CCC(=O)C(C)(C)C)C(=O)C(C)(C)C)C(=O)C(C)(C)C. The molecule has 0 aromatic rings. The summed E-state index contributed by atoms with van der Waals surface area (Å²) in [4.78, 5) is 50.7. The second-order valence-electron chi connectivity index (χ2n) is 13.0. The number of isocyanates is 1. The molecule has 2 atom stereocenters. The van der Waals surface area contributed by atoms with Crippen molar-refractivity contribution < 1.29 is 23.8 Å². The van der Waals surface area contributed by atoms with Crippen LogP contribution in [0.2, 0.25) is 0 Å². The summed E-state index contributed by atoms with van der Waals surface area (Å²) < 4.78 is 1.36. The zero-order chi connectivity index (χ0) is 25.7. The summed E-state index contributed by atoms with van der Waals surface area (Å²) in [5, 5.41) is 3.37. The van der Waals surface area contributed by atoms with Gasteiger partial charge in [0.15, 0.2) is 12.3 Å². The molecule has 184 valence electrons. The summed E-state index contributed by atoms with van der Waals surface area (Å²) in [5.41, 5.74) is -2.01. The molecule has 0 aromatic carbocycles. The number of nitrogens with zero attached hydrogens (tertiary/aromatic N) is 1. The van der Waals surface area contributed by atoms with E-state index in [-0.39, 0.29) is 42.3 Å². The minimum Gasteiger partial charge on any atom is -0.303 e. The van der Waals surface area contributed by atoms with Crippen molar-refractivity contribution >= 4 is 23.4 Å². The number of rotatable bonds is 10. The average molecular weight is 452 g/mol. The van der Waals surface area contributed by atoms with Crippen LogP contribution in [0.15, 0.2) is 0 Å². The molecule has 0 spiro atoms. The number of Topliss-reactive ketones (excluding diaryl/α,β-unsaturated/α-hetero) is 3. The van der Waals surface area contributed by atoms with E-state index in [1.807, 2.05) is 89.2 Å². The van der Waals surface area contributed by atoms with E-state index in [0.717, 1.165) is 0 Å². The molecule has 0 aromatic heterocycles. The number of carbonyl (C=O) groups excluding carboxylic acids is 4. The van der Waals surface area contributed by atoms with E-state index in [4.69, 9.17) is 0 Å². The molecule has 32 heavy (non-hydrogen) atoms. The van der Waals surface area contributed by atoms with E-state index in [1.165, 1.54) is 4.58 Å². The van der Waals surface area contributed by atoms with Crippen LogP contribution in [-0.4, -0.2) is 52.2 Å². The lowest BCUT2D eigenvalue weighted by Crippen LogP contribution is -2.52. The number of ketones is 3. The maximum atomic E-state index is 13.2. The van der Waals surface area contributed by atoms with E-state index in [2.05, 4.69) is 5.32 Å². The molecule has 1 N–H and O–H groups in total. The van der Waals surface area contributed by atoms with Gasteiger partial charge in [-0.1, -0.05) is 62.3 Å². The second-order valence-corrected chi connectivity index (χ2v) is 13.0. The van der Waals surface area contributed by atoms with Crippen molar-refractivity contribution in [2.45, 2.75) is 120 Å². The van der Waals surface area contributed by atoms with Gasteiger partial charge in [0.2, 0.25) is 11.8 Å². The molecule has 6 heteroatoms. The van der Waals surface area contributed by atoms with Crippen molar-refractivity contribution in [1.29, 1.82) is 0 Å². The fourth-order valence-electron chi connectivity index (χ4n) is 3.42. The average Bonchev–Trinajstić information content (AvgIpc) is 2.58. The maximum absolute atomic E-state index is 13.2. The van der Waals surface area contributed by atoms with Crippen LogP contribution in [0.5, 0.6) is 0 Å². The molecule has 0 heterocycles. The van der Waals surface area contributed by atoms with Gasteiger partial charge in [-0.05, 0) is 20.8 Å². The molecule has 2 unspecified atom stereocenters. The molecule has 6 nitrogen and oxygen atoms in total. The van der Waals surface area contributed by atoms with Crippen molar-refractivity contribution in [1.82, 2.24) is 5.32 Å². The third-order valence-electron chi connectivity index (χ3n) is 5.34. The molecule has 0 aliphatic rings. The third kappa shape index (κ3) is 10.3. The Morgan fingerprint density at radius 2 is 1.22 bits per heavy atom. The van der Waals surface area contributed by atoms with Gasteiger partial charge in [0, 0.05) is 41.0 Å². The quantitative estimate of drug-likeness (QED) is 0.301. The summed E-state index contributed by atoms with van der Waals surface area (Å²) in [7, 11) is 0. The molecular weight excluding hydrogens is 404 g/mol. The Kier molecular flexibility index (Phi) is 10.4. The molecule has 0 amide bonds. The van der Waals surface area contributed by atoms with E-state index in [9.17, 15) is 19.2 Å². The summed E-state index contributed by atoms with van der Waals surface area (Å²) in [5.74, 6) is -0.00448. The zero-order valence-corrected chi connectivity index (χ0v) is 22.6. The first-order chi connectivity index (χ1) is 14.1. The van der Waals surface area contributed by atoms with E-state index in [0.29, 0.717) is 6.42 Å². The maximum Gasteiger partial charge on any atom is 0.424 e. The fourth-order valence-corrected chi connectivity index (χ4v) is 3.42. The Labute approximate surface area is 195 Å². The fraction of sp³-hybridized carbons (Fsp3) is 0.846. The smallest absolute Gasteiger partial charge is 0.303 e. The molecule has 0 saturated carbocycles. The number of hydrogen-bond donors (Lipinski definition) is 1. The van der Waals surface area contributed by atoms with Crippen LogP contribution in [0.1, 0.15) is 102 Å². The molecule has 0 radical (unpaired) electrons. The minimum absolute atomic E-state index is 0.0465. The Morgan fingerprint density at radius 3 is 1.56 bits per heavy atom. The normalized spacial score (nSPS) is 15.0. The van der Waals surface area contributed by atoms with Crippen LogP contribution in [0.3, 0.4) is 0 Å². The van der Waals surface area contributed by atoms with Crippen molar-refractivity contribution in [3.8, 4) is 0 Å². The van der Waals surface area contributed by atoms with E-state index < -0.39 is 28.3 Å². The molecule has 0 bridgehead atoms. The Hall–Kier alpha value is -1.65. The van der Waals surface area contributed by atoms with Gasteiger partial charge in [-0.2, -0.15) is 4.79 Å². The lowest BCUT2D eigenvalue weighted by atomic mass is 9.82. The summed E-state index contributed by atoms with van der Waals surface area (Å²) in [6.45, 7) is 22.8.